The van der Waals surface area contributed by atoms with Crippen LogP contribution in [0.4, 0.5) is 21.8 Å². The minimum atomic E-state index is -0.382. The van der Waals surface area contributed by atoms with E-state index in [4.69, 9.17) is 21.1 Å². The minimum Gasteiger partial charge on any atom is -0.494 e. The fraction of sp³-hybridized carbons (Fsp3) is 0.208. The van der Waals surface area contributed by atoms with Crippen molar-refractivity contribution in [2.45, 2.75) is 13.0 Å². The maximum atomic E-state index is 13.5. The maximum Gasteiger partial charge on any atom is 0.229 e. The van der Waals surface area contributed by atoms with Crippen molar-refractivity contribution in [3.05, 3.63) is 77.2 Å². The molecule has 34 heavy (non-hydrogen) atoms. The van der Waals surface area contributed by atoms with Gasteiger partial charge in [-0.15, -0.1) is 0 Å². The van der Waals surface area contributed by atoms with Crippen LogP contribution in [0.2, 0.25) is 5.02 Å². The number of methoxy groups -OCH3 is 1. The summed E-state index contributed by atoms with van der Waals surface area (Å²) in [5.74, 6) is 1.85. The largest absolute Gasteiger partial charge is 0.494 e. The van der Waals surface area contributed by atoms with Crippen molar-refractivity contribution in [3.8, 4) is 17.2 Å². The van der Waals surface area contributed by atoms with Gasteiger partial charge in [0.25, 0.3) is 0 Å². The Kier molecular flexibility index (Phi) is 5.70. The van der Waals surface area contributed by atoms with Gasteiger partial charge < -0.3 is 24.3 Å². The molecule has 0 radical (unpaired) electrons. The van der Waals surface area contributed by atoms with Crippen molar-refractivity contribution in [1.29, 1.82) is 0 Å². The Hall–Kier alpha value is -3.85. The summed E-state index contributed by atoms with van der Waals surface area (Å²) in [5, 5.41) is 3.57. The van der Waals surface area contributed by atoms with E-state index in [1.807, 2.05) is 47.8 Å². The molecule has 10 heteroatoms. The first-order chi connectivity index (χ1) is 16.4. The van der Waals surface area contributed by atoms with Crippen molar-refractivity contribution < 1.29 is 13.9 Å². The maximum absolute atomic E-state index is 13.5. The fourth-order valence-electron chi connectivity index (χ4n) is 3.93. The van der Waals surface area contributed by atoms with Crippen molar-refractivity contribution in [2.75, 3.05) is 31.0 Å². The number of ether oxygens (including phenoxy) is 2. The monoisotopic (exact) mass is 480 g/mol. The van der Waals surface area contributed by atoms with Gasteiger partial charge in [-0.05, 0) is 36.8 Å². The van der Waals surface area contributed by atoms with Gasteiger partial charge in [0, 0.05) is 30.0 Å². The van der Waals surface area contributed by atoms with Crippen molar-refractivity contribution in [1.82, 2.24) is 19.5 Å². The van der Waals surface area contributed by atoms with E-state index in [9.17, 15) is 4.39 Å². The summed E-state index contributed by atoms with van der Waals surface area (Å²) < 4.78 is 26.9. The number of anilines is 3. The SMILES string of the molecule is COc1cc(Nc2ncc3c(n2)N(C)C(c2ccc(F)cc2Cl)CO3)ccc1-n1cnc(C)c1. The van der Waals surface area contributed by atoms with E-state index in [2.05, 4.69) is 20.3 Å². The summed E-state index contributed by atoms with van der Waals surface area (Å²) in [6.07, 6.45) is 5.30. The Labute approximate surface area is 201 Å². The van der Waals surface area contributed by atoms with Gasteiger partial charge in [-0.1, -0.05) is 17.7 Å². The molecule has 8 nitrogen and oxygen atoms in total. The van der Waals surface area contributed by atoms with Crippen LogP contribution in [-0.4, -0.2) is 40.3 Å². The molecule has 1 N–H and O–H groups in total. The number of aromatic nitrogens is 4. The van der Waals surface area contributed by atoms with Gasteiger partial charge in [-0.25, -0.2) is 14.4 Å². The highest BCUT2D eigenvalue weighted by Gasteiger charge is 2.29. The van der Waals surface area contributed by atoms with Crippen LogP contribution in [0.25, 0.3) is 5.69 Å². The zero-order chi connectivity index (χ0) is 23.8. The van der Waals surface area contributed by atoms with Crippen LogP contribution in [0.1, 0.15) is 17.3 Å². The van der Waals surface area contributed by atoms with Crippen LogP contribution in [0.5, 0.6) is 11.5 Å². The first kappa shape index (κ1) is 22.0. The molecule has 4 aromatic rings. The summed E-state index contributed by atoms with van der Waals surface area (Å²) in [4.78, 5) is 15.3. The van der Waals surface area contributed by atoms with Crippen molar-refractivity contribution in [3.63, 3.8) is 0 Å². The Bertz CT molecular complexity index is 1360. The number of nitrogens with zero attached hydrogens (tertiary/aromatic N) is 5. The van der Waals surface area contributed by atoms with E-state index in [0.29, 0.717) is 34.9 Å². The molecule has 3 heterocycles. The molecule has 0 aliphatic carbocycles. The molecule has 2 aromatic carbocycles. The molecular formula is C24H22ClFN6O2. The molecule has 0 saturated carbocycles. The van der Waals surface area contributed by atoms with E-state index in [1.54, 1.807) is 25.7 Å². The van der Waals surface area contributed by atoms with Crippen molar-refractivity contribution in [2.24, 2.45) is 0 Å². The van der Waals surface area contributed by atoms with Crippen LogP contribution in [0.15, 0.2) is 55.1 Å². The van der Waals surface area contributed by atoms with E-state index in [0.717, 1.165) is 22.6 Å². The molecule has 0 bridgehead atoms. The highest BCUT2D eigenvalue weighted by molar-refractivity contribution is 6.31. The molecule has 5 rings (SSSR count). The normalized spacial score (nSPS) is 15.0. The third-order valence-electron chi connectivity index (χ3n) is 5.68. The number of benzene rings is 2. The second-order valence-corrected chi connectivity index (χ2v) is 8.33. The first-order valence-corrected chi connectivity index (χ1v) is 10.9. The summed E-state index contributed by atoms with van der Waals surface area (Å²) in [7, 11) is 3.52. The van der Waals surface area contributed by atoms with Gasteiger partial charge in [0.2, 0.25) is 5.95 Å². The van der Waals surface area contributed by atoms with Crippen molar-refractivity contribution >= 4 is 29.1 Å². The number of halogens is 2. The van der Waals surface area contributed by atoms with E-state index >= 15 is 0 Å². The Morgan fingerprint density at radius 3 is 2.79 bits per heavy atom. The first-order valence-electron chi connectivity index (χ1n) is 10.6. The molecular weight excluding hydrogens is 459 g/mol. The standard InChI is InChI=1S/C24H22ClFN6O2/c1-14-11-32(13-28-14)19-7-5-16(9-21(19)33-3)29-24-27-10-22-23(30-24)31(2)20(12-34-22)17-6-4-15(26)8-18(17)25/h4-11,13,20H,12H2,1-3H3,(H,27,29,30). The molecule has 1 atom stereocenters. The Morgan fingerprint density at radius 2 is 2.06 bits per heavy atom. The Morgan fingerprint density at radius 1 is 1.21 bits per heavy atom. The predicted molar refractivity (Wildman–Crippen MR) is 128 cm³/mol. The molecule has 0 amide bonds. The topological polar surface area (TPSA) is 77.3 Å². The number of likely N-dealkylation sites (N-methyl/N-ethyl adjacent to an activating group) is 1. The summed E-state index contributed by atoms with van der Waals surface area (Å²) in [5.41, 5.74) is 3.31. The number of hydrogen-bond acceptors (Lipinski definition) is 7. The summed E-state index contributed by atoms with van der Waals surface area (Å²) in [6, 6.07) is 9.86. The third kappa shape index (κ3) is 4.10. The third-order valence-corrected chi connectivity index (χ3v) is 6.01. The van der Waals surface area contributed by atoms with Gasteiger partial charge in [-0.3, -0.25) is 0 Å². The molecule has 1 unspecified atom stereocenters. The molecule has 1 aliphatic rings. The number of rotatable bonds is 5. The molecule has 1 aliphatic heterocycles. The lowest BCUT2D eigenvalue weighted by molar-refractivity contribution is 0.265. The lowest BCUT2D eigenvalue weighted by Crippen LogP contribution is -2.34. The van der Waals surface area contributed by atoms with Gasteiger partial charge in [0.15, 0.2) is 11.6 Å². The zero-order valence-corrected chi connectivity index (χ0v) is 19.5. The van der Waals surface area contributed by atoms with Crippen LogP contribution < -0.4 is 19.7 Å². The molecule has 174 valence electrons. The second kappa shape index (κ2) is 8.83. The highest BCUT2D eigenvalue weighted by Crippen LogP contribution is 2.39. The van der Waals surface area contributed by atoms with Crippen LogP contribution in [-0.2, 0) is 0 Å². The Balaban J connectivity index is 1.41. The number of imidazole rings is 1. The zero-order valence-electron chi connectivity index (χ0n) is 18.8. The number of aryl methyl sites for hydroxylation is 1. The van der Waals surface area contributed by atoms with Crippen LogP contribution in [0.3, 0.4) is 0 Å². The quantitative estimate of drug-likeness (QED) is 0.426. The highest BCUT2D eigenvalue weighted by atomic mass is 35.5. The van der Waals surface area contributed by atoms with Crippen LogP contribution in [0, 0.1) is 12.7 Å². The van der Waals surface area contributed by atoms with Crippen LogP contribution >= 0.6 is 11.6 Å². The van der Waals surface area contributed by atoms with E-state index in [1.165, 1.54) is 12.1 Å². The lowest BCUT2D eigenvalue weighted by atomic mass is 10.1. The van der Waals surface area contributed by atoms with E-state index in [-0.39, 0.29) is 11.9 Å². The summed E-state index contributed by atoms with van der Waals surface area (Å²) >= 11 is 6.30. The number of fused-ring (bicyclic) bond motifs is 1. The van der Waals surface area contributed by atoms with Gasteiger partial charge in [0.05, 0.1) is 37.1 Å². The predicted octanol–water partition coefficient (Wildman–Crippen LogP) is 5.09. The molecule has 0 spiro atoms. The van der Waals surface area contributed by atoms with E-state index < -0.39 is 0 Å². The molecule has 2 aromatic heterocycles. The average Bonchev–Trinajstić information content (AvgIpc) is 3.26. The number of hydrogen-bond donors (Lipinski definition) is 1. The minimum absolute atomic E-state index is 0.221. The second-order valence-electron chi connectivity index (χ2n) is 7.92. The fourth-order valence-corrected chi connectivity index (χ4v) is 4.22. The average molecular weight is 481 g/mol. The van der Waals surface area contributed by atoms with Gasteiger partial charge in [-0.2, -0.15) is 4.98 Å². The summed E-state index contributed by atoms with van der Waals surface area (Å²) in [6.45, 7) is 2.28. The smallest absolute Gasteiger partial charge is 0.229 e. The van der Waals surface area contributed by atoms with Gasteiger partial charge in [0.1, 0.15) is 18.2 Å². The lowest BCUT2D eigenvalue weighted by Gasteiger charge is -2.35. The number of nitrogens with one attached hydrogen (secondary N) is 1. The van der Waals surface area contributed by atoms with Gasteiger partial charge >= 0.3 is 0 Å². The molecule has 0 saturated heterocycles. The molecule has 0 fully saturated rings.